The Morgan fingerprint density at radius 1 is 0.692 bits per heavy atom. The second-order valence-corrected chi connectivity index (χ2v) is 2.88. The standard InChI is InChI=1S/C6H4N6S/c1-7-2-10-5(9-1)13-6-11-3-8-4-12-6/h1-4H. The summed E-state index contributed by atoms with van der Waals surface area (Å²) in [5, 5.41) is 1.14. The van der Waals surface area contributed by atoms with Crippen molar-refractivity contribution in [3.8, 4) is 0 Å². The average molecular weight is 192 g/mol. The number of rotatable bonds is 2. The van der Waals surface area contributed by atoms with Gasteiger partial charge in [0.1, 0.15) is 25.3 Å². The van der Waals surface area contributed by atoms with Crippen molar-refractivity contribution in [1.29, 1.82) is 0 Å². The number of nitrogens with zero attached hydrogens (tertiary/aromatic N) is 6. The molecular formula is C6H4N6S. The van der Waals surface area contributed by atoms with Crippen molar-refractivity contribution in [2.24, 2.45) is 0 Å². The van der Waals surface area contributed by atoms with E-state index in [1.165, 1.54) is 37.1 Å². The third-order valence-corrected chi connectivity index (χ3v) is 1.91. The van der Waals surface area contributed by atoms with Gasteiger partial charge in [-0.05, 0) is 11.8 Å². The Morgan fingerprint density at radius 3 is 1.46 bits per heavy atom. The fourth-order valence-corrected chi connectivity index (χ4v) is 1.21. The van der Waals surface area contributed by atoms with Crippen LogP contribution < -0.4 is 0 Å². The second-order valence-electron chi connectivity index (χ2n) is 1.94. The van der Waals surface area contributed by atoms with Crippen molar-refractivity contribution in [3.63, 3.8) is 0 Å². The molecule has 2 aromatic rings. The van der Waals surface area contributed by atoms with Crippen molar-refractivity contribution in [3.05, 3.63) is 25.3 Å². The molecule has 0 bridgehead atoms. The van der Waals surface area contributed by atoms with Crippen LogP contribution in [0, 0.1) is 0 Å². The zero-order valence-electron chi connectivity index (χ0n) is 6.40. The average Bonchev–Trinajstić information content (AvgIpc) is 2.21. The van der Waals surface area contributed by atoms with Crippen LogP contribution in [-0.4, -0.2) is 29.9 Å². The highest BCUT2D eigenvalue weighted by atomic mass is 32.2. The summed E-state index contributed by atoms with van der Waals surface area (Å²) in [4.78, 5) is 23.1. The topological polar surface area (TPSA) is 77.3 Å². The maximum atomic E-state index is 3.91. The molecule has 0 N–H and O–H groups in total. The van der Waals surface area contributed by atoms with Gasteiger partial charge in [-0.1, -0.05) is 0 Å². The minimum Gasteiger partial charge on any atom is -0.225 e. The lowest BCUT2D eigenvalue weighted by Crippen LogP contribution is -1.90. The van der Waals surface area contributed by atoms with E-state index in [4.69, 9.17) is 0 Å². The van der Waals surface area contributed by atoms with Crippen LogP contribution in [0.1, 0.15) is 0 Å². The molecule has 0 aliphatic carbocycles. The minimum atomic E-state index is 0.571. The van der Waals surface area contributed by atoms with Gasteiger partial charge in [0.05, 0.1) is 0 Å². The zero-order chi connectivity index (χ0) is 8.93. The quantitative estimate of drug-likeness (QED) is 0.672. The molecule has 0 aromatic carbocycles. The molecule has 2 heterocycles. The Morgan fingerprint density at radius 2 is 1.08 bits per heavy atom. The van der Waals surface area contributed by atoms with E-state index in [1.54, 1.807) is 0 Å². The lowest BCUT2D eigenvalue weighted by Gasteiger charge is -1.94. The van der Waals surface area contributed by atoms with Crippen LogP contribution in [0.15, 0.2) is 35.6 Å². The maximum Gasteiger partial charge on any atom is 0.198 e. The normalized spacial score (nSPS) is 9.85. The van der Waals surface area contributed by atoms with Gasteiger partial charge in [0.2, 0.25) is 0 Å². The highest BCUT2D eigenvalue weighted by molar-refractivity contribution is 7.99. The summed E-state index contributed by atoms with van der Waals surface area (Å²) in [5.74, 6) is 0. The Kier molecular flexibility index (Phi) is 2.37. The van der Waals surface area contributed by atoms with Crippen LogP contribution >= 0.6 is 11.8 Å². The van der Waals surface area contributed by atoms with Gasteiger partial charge >= 0.3 is 0 Å². The first-order chi connectivity index (χ1) is 6.45. The lowest BCUT2D eigenvalue weighted by atomic mass is 11.1. The predicted octanol–water partition coefficient (Wildman–Crippen LogP) is 0.208. The molecule has 0 aliphatic rings. The van der Waals surface area contributed by atoms with Crippen molar-refractivity contribution in [2.45, 2.75) is 10.3 Å². The Balaban J connectivity index is 2.16. The first-order valence-electron chi connectivity index (χ1n) is 3.37. The molecule has 0 saturated heterocycles. The smallest absolute Gasteiger partial charge is 0.198 e. The highest BCUT2D eigenvalue weighted by Crippen LogP contribution is 2.17. The third-order valence-electron chi connectivity index (χ3n) is 1.12. The lowest BCUT2D eigenvalue weighted by molar-refractivity contribution is 0.869. The van der Waals surface area contributed by atoms with E-state index in [-0.39, 0.29) is 0 Å². The summed E-state index contributed by atoms with van der Waals surface area (Å²) in [7, 11) is 0. The molecule has 0 fully saturated rings. The van der Waals surface area contributed by atoms with Crippen LogP contribution in [0.5, 0.6) is 0 Å². The van der Waals surface area contributed by atoms with Crippen molar-refractivity contribution < 1.29 is 0 Å². The third kappa shape index (κ3) is 2.15. The van der Waals surface area contributed by atoms with Crippen LogP contribution in [0.2, 0.25) is 0 Å². The molecule has 0 unspecified atom stereocenters. The predicted molar refractivity (Wildman–Crippen MR) is 43.8 cm³/mol. The minimum absolute atomic E-state index is 0.571. The summed E-state index contributed by atoms with van der Waals surface area (Å²) in [6.07, 6.45) is 5.71. The van der Waals surface area contributed by atoms with E-state index < -0.39 is 0 Å². The summed E-state index contributed by atoms with van der Waals surface area (Å²) in [6, 6.07) is 0. The first kappa shape index (κ1) is 7.99. The van der Waals surface area contributed by atoms with Gasteiger partial charge in [-0.2, -0.15) is 0 Å². The second kappa shape index (κ2) is 3.85. The van der Waals surface area contributed by atoms with Gasteiger partial charge in [-0.25, -0.2) is 29.9 Å². The van der Waals surface area contributed by atoms with Crippen LogP contribution in [0.3, 0.4) is 0 Å². The molecule has 0 aliphatic heterocycles. The molecule has 6 nitrogen and oxygen atoms in total. The summed E-state index contributed by atoms with van der Waals surface area (Å²) in [5.41, 5.74) is 0. The number of hydrogen-bond acceptors (Lipinski definition) is 7. The van der Waals surface area contributed by atoms with Crippen molar-refractivity contribution >= 4 is 11.8 Å². The molecule has 0 atom stereocenters. The van der Waals surface area contributed by atoms with Crippen LogP contribution in [-0.2, 0) is 0 Å². The van der Waals surface area contributed by atoms with E-state index >= 15 is 0 Å². The number of hydrogen-bond donors (Lipinski definition) is 0. The van der Waals surface area contributed by atoms with Crippen LogP contribution in [0.25, 0.3) is 0 Å². The summed E-state index contributed by atoms with van der Waals surface area (Å²) in [6.45, 7) is 0. The maximum absolute atomic E-state index is 3.91. The Labute approximate surface area is 77.9 Å². The zero-order valence-corrected chi connectivity index (χ0v) is 7.22. The monoisotopic (exact) mass is 192 g/mol. The van der Waals surface area contributed by atoms with Gasteiger partial charge in [-0.15, -0.1) is 0 Å². The van der Waals surface area contributed by atoms with Gasteiger partial charge < -0.3 is 0 Å². The highest BCUT2D eigenvalue weighted by Gasteiger charge is 2.00. The fourth-order valence-electron chi connectivity index (χ4n) is 0.644. The summed E-state index contributed by atoms with van der Waals surface area (Å²) < 4.78 is 0. The molecule has 13 heavy (non-hydrogen) atoms. The fraction of sp³-hybridized carbons (Fsp3) is 0. The SMILES string of the molecule is c1ncnc(Sc2ncncn2)n1. The van der Waals surface area contributed by atoms with E-state index in [9.17, 15) is 0 Å². The van der Waals surface area contributed by atoms with E-state index in [2.05, 4.69) is 29.9 Å². The first-order valence-corrected chi connectivity index (χ1v) is 4.18. The van der Waals surface area contributed by atoms with E-state index in [0.29, 0.717) is 10.3 Å². The molecule has 2 aromatic heterocycles. The molecular weight excluding hydrogens is 188 g/mol. The number of aromatic nitrogens is 6. The Bertz CT molecular complexity index is 328. The van der Waals surface area contributed by atoms with E-state index in [1.807, 2.05) is 0 Å². The van der Waals surface area contributed by atoms with Gasteiger partial charge in [0.25, 0.3) is 0 Å². The van der Waals surface area contributed by atoms with E-state index in [0.717, 1.165) is 0 Å². The molecule has 0 saturated carbocycles. The van der Waals surface area contributed by atoms with Gasteiger partial charge in [-0.3, -0.25) is 0 Å². The molecule has 7 heteroatoms. The molecule has 64 valence electrons. The van der Waals surface area contributed by atoms with Gasteiger partial charge in [0, 0.05) is 0 Å². The molecule has 0 radical (unpaired) electrons. The Hall–Kier alpha value is -1.63. The van der Waals surface area contributed by atoms with Crippen LogP contribution in [0.4, 0.5) is 0 Å². The van der Waals surface area contributed by atoms with Crippen molar-refractivity contribution in [2.75, 3.05) is 0 Å². The molecule has 0 amide bonds. The largest absolute Gasteiger partial charge is 0.225 e. The van der Waals surface area contributed by atoms with Gasteiger partial charge in [0.15, 0.2) is 10.3 Å². The summed E-state index contributed by atoms with van der Waals surface area (Å²) >= 11 is 1.26. The molecule has 0 spiro atoms. The van der Waals surface area contributed by atoms with Crippen molar-refractivity contribution in [1.82, 2.24) is 29.9 Å². The molecule has 2 rings (SSSR count).